The molecule has 1 heterocycles. The fourth-order valence-electron chi connectivity index (χ4n) is 3.72. The molecule has 1 aromatic heterocycles. The highest BCUT2D eigenvalue weighted by molar-refractivity contribution is 5.79. The van der Waals surface area contributed by atoms with Crippen LogP contribution in [0.15, 0.2) is 85.4 Å². The van der Waals surface area contributed by atoms with Crippen LogP contribution in [0.4, 0.5) is 22.7 Å². The molecule has 33 heavy (non-hydrogen) atoms. The number of aryl methyl sites for hydroxylation is 1. The number of aldehydes is 1. The van der Waals surface area contributed by atoms with Gasteiger partial charge in [-0.1, -0.05) is 26.0 Å². The average molecular weight is 441 g/mol. The highest BCUT2D eigenvalue weighted by atomic mass is 16.1. The number of benzene rings is 2. The van der Waals surface area contributed by atoms with Crippen molar-refractivity contribution in [3.05, 3.63) is 102 Å². The van der Waals surface area contributed by atoms with Crippen LogP contribution in [0, 0.1) is 6.92 Å². The third-order valence-corrected chi connectivity index (χ3v) is 5.29. The van der Waals surface area contributed by atoms with Crippen LogP contribution in [0.1, 0.15) is 41.3 Å². The average Bonchev–Trinajstić information content (AvgIpc) is 2.80. The van der Waals surface area contributed by atoms with Gasteiger partial charge in [0.2, 0.25) is 0 Å². The Bertz CT molecular complexity index is 1120. The Balaban J connectivity index is 1.82. The molecule has 3 aromatic rings. The minimum absolute atomic E-state index is 0.604. The van der Waals surface area contributed by atoms with Crippen LogP contribution in [0.25, 0.3) is 0 Å². The molecule has 0 amide bonds. The van der Waals surface area contributed by atoms with Crippen molar-refractivity contribution in [3.8, 4) is 0 Å². The summed E-state index contributed by atoms with van der Waals surface area (Å²) in [6.45, 7) is 8.68. The first-order valence-electron chi connectivity index (χ1n) is 11.2. The molecule has 170 valence electrons. The Morgan fingerprint density at radius 1 is 1.06 bits per heavy atom. The predicted molar refractivity (Wildman–Crippen MR) is 139 cm³/mol. The summed E-state index contributed by atoms with van der Waals surface area (Å²) in [6.07, 6.45) is 10.3. The summed E-state index contributed by atoms with van der Waals surface area (Å²) in [5, 5.41) is 6.91. The second-order valence-corrected chi connectivity index (χ2v) is 8.11. The van der Waals surface area contributed by atoms with E-state index < -0.39 is 0 Å². The van der Waals surface area contributed by atoms with Crippen molar-refractivity contribution in [3.63, 3.8) is 0 Å². The van der Waals surface area contributed by atoms with Crippen LogP contribution in [0.2, 0.25) is 0 Å². The van der Waals surface area contributed by atoms with E-state index in [0.29, 0.717) is 12.1 Å². The van der Waals surface area contributed by atoms with Gasteiger partial charge in [-0.3, -0.25) is 9.78 Å². The zero-order chi connectivity index (χ0) is 23.6. The summed E-state index contributed by atoms with van der Waals surface area (Å²) in [5.41, 5.74) is 7.96. The fourth-order valence-corrected chi connectivity index (χ4v) is 3.72. The van der Waals surface area contributed by atoms with E-state index in [1.54, 1.807) is 12.4 Å². The van der Waals surface area contributed by atoms with Gasteiger partial charge in [0.15, 0.2) is 0 Å². The standard InChI is InChI=1S/C28H32N4O/c1-5-7-24(8-6-2)31-27-15-21(3)16-28(18-27)32(4)19-23-17-26(10-9-22(23)20-33)30-25-11-13-29-14-12-25/h5,7,9-18,20,31H,1,6,8,19H2,2-4H3,(H,29,30)/b24-7+. The molecule has 0 bridgehead atoms. The lowest BCUT2D eigenvalue weighted by Gasteiger charge is -2.23. The number of allylic oxidation sites excluding steroid dienone is 3. The first kappa shape index (κ1) is 23.8. The van der Waals surface area contributed by atoms with Gasteiger partial charge in [0.25, 0.3) is 0 Å². The lowest BCUT2D eigenvalue weighted by atomic mass is 10.1. The Morgan fingerprint density at radius 3 is 2.55 bits per heavy atom. The molecule has 0 aliphatic rings. The summed E-state index contributed by atoms with van der Waals surface area (Å²) < 4.78 is 0. The number of pyridine rings is 1. The van der Waals surface area contributed by atoms with Crippen LogP contribution in [0.5, 0.6) is 0 Å². The minimum Gasteiger partial charge on any atom is -0.370 e. The zero-order valence-electron chi connectivity index (χ0n) is 19.6. The smallest absolute Gasteiger partial charge is 0.150 e. The van der Waals surface area contributed by atoms with E-state index >= 15 is 0 Å². The summed E-state index contributed by atoms with van der Waals surface area (Å²) in [7, 11) is 2.04. The van der Waals surface area contributed by atoms with E-state index in [9.17, 15) is 4.79 Å². The molecular weight excluding hydrogens is 408 g/mol. The van der Waals surface area contributed by atoms with E-state index in [0.717, 1.165) is 53.1 Å². The van der Waals surface area contributed by atoms with Crippen molar-refractivity contribution in [2.75, 3.05) is 22.6 Å². The first-order valence-corrected chi connectivity index (χ1v) is 11.2. The lowest BCUT2D eigenvalue weighted by molar-refractivity contribution is 0.112. The molecule has 0 saturated carbocycles. The van der Waals surface area contributed by atoms with Crippen molar-refractivity contribution >= 4 is 29.0 Å². The van der Waals surface area contributed by atoms with Gasteiger partial charge >= 0.3 is 0 Å². The molecule has 2 N–H and O–H groups in total. The maximum atomic E-state index is 11.7. The van der Waals surface area contributed by atoms with Crippen LogP contribution in [0.3, 0.4) is 0 Å². The van der Waals surface area contributed by atoms with Crippen LogP contribution in [-0.2, 0) is 6.54 Å². The number of hydrogen-bond acceptors (Lipinski definition) is 5. The van der Waals surface area contributed by atoms with Crippen molar-refractivity contribution < 1.29 is 4.79 Å². The molecule has 0 spiro atoms. The SMILES string of the molecule is C=C/C=C(\CCC)Nc1cc(C)cc(N(C)Cc2cc(Nc3ccncc3)ccc2C=O)c1. The van der Waals surface area contributed by atoms with E-state index in [4.69, 9.17) is 0 Å². The molecule has 0 aliphatic heterocycles. The van der Waals surface area contributed by atoms with Crippen LogP contribution < -0.4 is 15.5 Å². The topological polar surface area (TPSA) is 57.3 Å². The highest BCUT2D eigenvalue weighted by Crippen LogP contribution is 2.26. The molecule has 0 unspecified atom stereocenters. The lowest BCUT2D eigenvalue weighted by Crippen LogP contribution is -2.18. The summed E-state index contributed by atoms with van der Waals surface area (Å²) in [5.74, 6) is 0. The van der Waals surface area contributed by atoms with Gasteiger partial charge < -0.3 is 15.5 Å². The number of nitrogens with zero attached hydrogens (tertiary/aromatic N) is 2. The quantitative estimate of drug-likeness (QED) is 0.252. The van der Waals surface area contributed by atoms with Gasteiger partial charge in [-0.2, -0.15) is 0 Å². The molecule has 5 heteroatoms. The number of carbonyl (C=O) groups is 1. The number of nitrogens with one attached hydrogen (secondary N) is 2. The van der Waals surface area contributed by atoms with E-state index in [2.05, 4.69) is 59.1 Å². The van der Waals surface area contributed by atoms with Gasteiger partial charge in [0.1, 0.15) is 6.29 Å². The van der Waals surface area contributed by atoms with Crippen molar-refractivity contribution in [1.82, 2.24) is 4.98 Å². The Morgan fingerprint density at radius 2 is 1.85 bits per heavy atom. The second-order valence-electron chi connectivity index (χ2n) is 8.11. The Labute approximate surface area is 196 Å². The highest BCUT2D eigenvalue weighted by Gasteiger charge is 2.10. The maximum Gasteiger partial charge on any atom is 0.150 e. The van der Waals surface area contributed by atoms with Gasteiger partial charge in [0, 0.05) is 60.0 Å². The third-order valence-electron chi connectivity index (χ3n) is 5.29. The number of hydrogen-bond donors (Lipinski definition) is 2. The van der Waals surface area contributed by atoms with Crippen LogP contribution >= 0.6 is 0 Å². The Hall–Kier alpha value is -3.86. The monoisotopic (exact) mass is 440 g/mol. The van der Waals surface area contributed by atoms with Gasteiger partial charge in [0.05, 0.1) is 0 Å². The second kappa shape index (κ2) is 11.7. The third kappa shape index (κ3) is 6.81. The number of rotatable bonds is 11. The molecule has 0 atom stereocenters. The molecule has 0 fully saturated rings. The number of anilines is 4. The fraction of sp³-hybridized carbons (Fsp3) is 0.214. The molecule has 0 aliphatic carbocycles. The summed E-state index contributed by atoms with van der Waals surface area (Å²) in [6, 6.07) is 16.1. The van der Waals surface area contributed by atoms with E-state index in [-0.39, 0.29) is 0 Å². The van der Waals surface area contributed by atoms with E-state index in [1.807, 2.05) is 49.5 Å². The van der Waals surface area contributed by atoms with Gasteiger partial charge in [-0.25, -0.2) is 0 Å². The minimum atomic E-state index is 0.604. The van der Waals surface area contributed by atoms with Crippen molar-refractivity contribution in [2.45, 2.75) is 33.2 Å². The number of aromatic nitrogens is 1. The van der Waals surface area contributed by atoms with E-state index in [1.165, 1.54) is 5.56 Å². The van der Waals surface area contributed by atoms with Crippen molar-refractivity contribution in [1.29, 1.82) is 0 Å². The maximum absolute atomic E-state index is 11.7. The molecule has 2 aromatic carbocycles. The summed E-state index contributed by atoms with van der Waals surface area (Å²) in [4.78, 5) is 17.9. The molecular formula is C28H32N4O. The zero-order valence-corrected chi connectivity index (χ0v) is 19.6. The largest absolute Gasteiger partial charge is 0.370 e. The molecule has 5 nitrogen and oxygen atoms in total. The Kier molecular flexibility index (Phi) is 8.42. The number of carbonyl (C=O) groups excluding carboxylic acids is 1. The first-order chi connectivity index (χ1) is 16.0. The van der Waals surface area contributed by atoms with Gasteiger partial charge in [-0.15, -0.1) is 0 Å². The predicted octanol–water partition coefficient (Wildman–Crippen LogP) is 6.86. The normalized spacial score (nSPS) is 11.1. The van der Waals surface area contributed by atoms with Crippen molar-refractivity contribution in [2.24, 2.45) is 0 Å². The van der Waals surface area contributed by atoms with Gasteiger partial charge in [-0.05, 0) is 79.1 Å². The molecule has 3 rings (SSSR count). The van der Waals surface area contributed by atoms with Crippen LogP contribution in [-0.4, -0.2) is 18.3 Å². The summed E-state index contributed by atoms with van der Waals surface area (Å²) >= 11 is 0. The molecule has 0 saturated heterocycles. The molecule has 0 radical (unpaired) electrons.